The molecule has 0 spiro atoms. The molecule has 1 aromatic carbocycles. The lowest BCUT2D eigenvalue weighted by Gasteiger charge is -2.08. The van der Waals surface area contributed by atoms with Crippen LogP contribution in [-0.2, 0) is 6.54 Å². The Hall–Kier alpha value is -2.17. The molecule has 0 aliphatic carbocycles. The van der Waals surface area contributed by atoms with E-state index in [9.17, 15) is 9.18 Å². The number of anilines is 1. The van der Waals surface area contributed by atoms with Gasteiger partial charge in [0.2, 0.25) is 0 Å². The minimum atomic E-state index is -0.333. The van der Waals surface area contributed by atoms with E-state index in [1.54, 1.807) is 36.0 Å². The number of aryl methyl sites for hydroxylation is 2. The number of benzene rings is 1. The quantitative estimate of drug-likeness (QED) is 0.919. The number of rotatable bonds is 4. The lowest BCUT2D eigenvalue weighted by molar-refractivity contribution is 0.101. The summed E-state index contributed by atoms with van der Waals surface area (Å²) in [6, 6.07) is 6.27. The average Bonchev–Trinajstić information content (AvgIpc) is 2.83. The largest absolute Gasteiger partial charge is 0.321 e. The summed E-state index contributed by atoms with van der Waals surface area (Å²) in [5.74, 6) is -0.617. The molecule has 1 heterocycles. The first-order chi connectivity index (χ1) is 9.11. The van der Waals surface area contributed by atoms with Crippen LogP contribution in [0.1, 0.15) is 29.4 Å². The molecule has 0 bridgehead atoms. The van der Waals surface area contributed by atoms with E-state index in [-0.39, 0.29) is 11.7 Å². The Morgan fingerprint density at radius 2 is 2.21 bits per heavy atom. The van der Waals surface area contributed by atoms with Gasteiger partial charge in [-0.05, 0) is 37.1 Å². The Bertz CT molecular complexity index is 592. The number of nitrogens with zero attached hydrogens (tertiary/aromatic N) is 2. The fraction of sp³-hybridized carbons (Fsp3) is 0.286. The molecule has 19 heavy (non-hydrogen) atoms. The molecular weight excluding hydrogens is 245 g/mol. The van der Waals surface area contributed by atoms with E-state index >= 15 is 0 Å². The zero-order valence-electron chi connectivity index (χ0n) is 11.0. The fourth-order valence-corrected chi connectivity index (χ4v) is 1.78. The van der Waals surface area contributed by atoms with Crippen molar-refractivity contribution in [2.45, 2.75) is 26.8 Å². The molecule has 5 heteroatoms. The molecule has 2 rings (SSSR count). The van der Waals surface area contributed by atoms with Gasteiger partial charge in [-0.3, -0.25) is 9.48 Å². The van der Waals surface area contributed by atoms with Crippen molar-refractivity contribution >= 4 is 11.6 Å². The number of nitrogens with one attached hydrogen (secondary N) is 1. The molecule has 0 unspecified atom stereocenters. The summed E-state index contributed by atoms with van der Waals surface area (Å²) in [7, 11) is 0. The van der Waals surface area contributed by atoms with Crippen LogP contribution in [0.25, 0.3) is 0 Å². The van der Waals surface area contributed by atoms with Crippen molar-refractivity contribution in [1.82, 2.24) is 9.78 Å². The summed E-state index contributed by atoms with van der Waals surface area (Å²) >= 11 is 0. The maximum Gasteiger partial charge on any atom is 0.273 e. The highest BCUT2D eigenvalue weighted by Crippen LogP contribution is 2.14. The van der Waals surface area contributed by atoms with Gasteiger partial charge in [0.25, 0.3) is 5.91 Å². The topological polar surface area (TPSA) is 46.9 Å². The lowest BCUT2D eigenvalue weighted by Crippen LogP contribution is -2.18. The maximum atomic E-state index is 13.4. The van der Waals surface area contributed by atoms with Crippen LogP contribution in [0.15, 0.2) is 30.5 Å². The van der Waals surface area contributed by atoms with Gasteiger partial charge in [-0.15, -0.1) is 0 Å². The summed E-state index contributed by atoms with van der Waals surface area (Å²) in [5.41, 5.74) is 1.47. The van der Waals surface area contributed by atoms with E-state index in [1.165, 1.54) is 6.07 Å². The first-order valence-corrected chi connectivity index (χ1v) is 6.21. The van der Waals surface area contributed by atoms with Crippen LogP contribution in [0.4, 0.5) is 10.1 Å². The van der Waals surface area contributed by atoms with Gasteiger partial charge in [-0.2, -0.15) is 5.10 Å². The van der Waals surface area contributed by atoms with E-state index in [0.717, 1.165) is 6.42 Å². The molecule has 0 atom stereocenters. The minimum absolute atomic E-state index is 0.283. The van der Waals surface area contributed by atoms with Gasteiger partial charge < -0.3 is 5.32 Å². The third-order valence-corrected chi connectivity index (χ3v) is 2.81. The number of carbonyl (C=O) groups excluding carboxylic acids is 1. The fourth-order valence-electron chi connectivity index (χ4n) is 1.78. The summed E-state index contributed by atoms with van der Waals surface area (Å²) in [6.45, 7) is 4.37. The molecule has 0 saturated carbocycles. The summed E-state index contributed by atoms with van der Waals surface area (Å²) < 4.78 is 15.0. The summed E-state index contributed by atoms with van der Waals surface area (Å²) in [6.07, 6.45) is 2.47. The molecule has 100 valence electrons. The van der Waals surface area contributed by atoms with Crippen molar-refractivity contribution in [2.75, 3.05) is 5.32 Å². The number of carbonyl (C=O) groups is 1. The zero-order chi connectivity index (χ0) is 13.8. The third-order valence-electron chi connectivity index (χ3n) is 2.81. The summed E-state index contributed by atoms with van der Waals surface area (Å²) in [4.78, 5) is 12.1. The van der Waals surface area contributed by atoms with E-state index in [1.807, 2.05) is 6.92 Å². The van der Waals surface area contributed by atoms with Crippen LogP contribution in [0, 0.1) is 12.7 Å². The SMILES string of the molecule is CCCn1nccc1C(=O)Nc1ccc(C)c(F)c1. The minimum Gasteiger partial charge on any atom is -0.321 e. The van der Waals surface area contributed by atoms with Gasteiger partial charge in [0.1, 0.15) is 11.5 Å². The first-order valence-electron chi connectivity index (χ1n) is 6.21. The van der Waals surface area contributed by atoms with Crippen LogP contribution in [0.5, 0.6) is 0 Å². The summed E-state index contributed by atoms with van der Waals surface area (Å²) in [5, 5.41) is 6.75. The highest BCUT2D eigenvalue weighted by Gasteiger charge is 2.12. The number of aromatic nitrogens is 2. The normalized spacial score (nSPS) is 10.5. The molecule has 2 aromatic rings. The molecular formula is C14H16FN3O. The highest BCUT2D eigenvalue weighted by atomic mass is 19.1. The zero-order valence-corrected chi connectivity index (χ0v) is 11.0. The van der Waals surface area contributed by atoms with Gasteiger partial charge in [-0.25, -0.2) is 4.39 Å². The van der Waals surface area contributed by atoms with Gasteiger partial charge in [0.15, 0.2) is 0 Å². The van der Waals surface area contributed by atoms with Gasteiger partial charge in [-0.1, -0.05) is 13.0 Å². The average molecular weight is 261 g/mol. The molecule has 0 aliphatic rings. The number of amides is 1. The van der Waals surface area contributed by atoms with E-state index in [4.69, 9.17) is 0 Å². The Morgan fingerprint density at radius 3 is 2.89 bits per heavy atom. The monoisotopic (exact) mass is 261 g/mol. The Balaban J connectivity index is 2.16. The van der Waals surface area contributed by atoms with Gasteiger partial charge in [0, 0.05) is 18.4 Å². The number of hydrogen-bond donors (Lipinski definition) is 1. The Morgan fingerprint density at radius 1 is 1.42 bits per heavy atom. The van der Waals surface area contributed by atoms with Crippen molar-refractivity contribution in [1.29, 1.82) is 0 Å². The van der Waals surface area contributed by atoms with Crippen LogP contribution in [0.2, 0.25) is 0 Å². The molecule has 1 aromatic heterocycles. The smallest absolute Gasteiger partial charge is 0.273 e. The second-order valence-corrected chi connectivity index (χ2v) is 4.36. The van der Waals surface area contributed by atoms with E-state index in [0.29, 0.717) is 23.5 Å². The van der Waals surface area contributed by atoms with E-state index in [2.05, 4.69) is 10.4 Å². The highest BCUT2D eigenvalue weighted by molar-refractivity contribution is 6.03. The van der Waals surface area contributed by atoms with Crippen LogP contribution >= 0.6 is 0 Å². The second-order valence-electron chi connectivity index (χ2n) is 4.36. The number of hydrogen-bond acceptors (Lipinski definition) is 2. The number of halogens is 1. The Labute approximate surface area is 111 Å². The molecule has 0 saturated heterocycles. The predicted molar refractivity (Wildman–Crippen MR) is 71.6 cm³/mol. The van der Waals surface area contributed by atoms with Crippen LogP contribution in [-0.4, -0.2) is 15.7 Å². The van der Waals surface area contributed by atoms with Crippen LogP contribution < -0.4 is 5.32 Å². The van der Waals surface area contributed by atoms with Crippen molar-refractivity contribution in [3.8, 4) is 0 Å². The van der Waals surface area contributed by atoms with Crippen molar-refractivity contribution in [2.24, 2.45) is 0 Å². The van der Waals surface area contributed by atoms with Crippen LogP contribution in [0.3, 0.4) is 0 Å². The first kappa shape index (κ1) is 13.3. The standard InChI is InChI=1S/C14H16FN3O/c1-3-8-18-13(6-7-16-18)14(19)17-11-5-4-10(2)12(15)9-11/h4-7,9H,3,8H2,1-2H3,(H,17,19). The lowest BCUT2D eigenvalue weighted by atomic mass is 10.2. The van der Waals surface area contributed by atoms with Gasteiger partial charge in [0.05, 0.1) is 0 Å². The van der Waals surface area contributed by atoms with Crippen molar-refractivity contribution in [3.63, 3.8) is 0 Å². The third kappa shape index (κ3) is 2.99. The second kappa shape index (κ2) is 5.65. The molecule has 1 amide bonds. The van der Waals surface area contributed by atoms with Crippen molar-refractivity contribution < 1.29 is 9.18 Å². The Kier molecular flexibility index (Phi) is 3.94. The van der Waals surface area contributed by atoms with E-state index < -0.39 is 0 Å². The molecule has 4 nitrogen and oxygen atoms in total. The predicted octanol–water partition coefficient (Wildman–Crippen LogP) is 2.99. The molecule has 0 aliphatic heterocycles. The van der Waals surface area contributed by atoms with Gasteiger partial charge >= 0.3 is 0 Å². The van der Waals surface area contributed by atoms with Crippen molar-refractivity contribution in [3.05, 3.63) is 47.5 Å². The maximum absolute atomic E-state index is 13.4. The molecule has 1 N–H and O–H groups in total. The molecule has 0 fully saturated rings. The molecule has 0 radical (unpaired) electrons.